The van der Waals surface area contributed by atoms with E-state index in [0.29, 0.717) is 31.1 Å². The Hall–Kier alpha value is -2.98. The van der Waals surface area contributed by atoms with E-state index in [0.717, 1.165) is 18.7 Å². The first-order chi connectivity index (χ1) is 16.0. The van der Waals surface area contributed by atoms with Gasteiger partial charge in [0.1, 0.15) is 5.76 Å². The number of nitrogens with one attached hydrogen (secondary N) is 2. The van der Waals surface area contributed by atoms with E-state index in [9.17, 15) is 13.2 Å². The van der Waals surface area contributed by atoms with Gasteiger partial charge in [0.2, 0.25) is 10.0 Å². The Kier molecular flexibility index (Phi) is 7.56. The van der Waals surface area contributed by atoms with Gasteiger partial charge in [-0.3, -0.25) is 9.69 Å². The number of carbonyl (C=O) groups is 1. The molecule has 1 atom stereocenters. The Morgan fingerprint density at radius 2 is 1.70 bits per heavy atom. The van der Waals surface area contributed by atoms with Gasteiger partial charge in [0.15, 0.2) is 0 Å². The Morgan fingerprint density at radius 1 is 0.970 bits per heavy atom. The number of carbonyl (C=O) groups excluding carboxylic acids is 1. The molecule has 33 heavy (non-hydrogen) atoms. The zero-order valence-electron chi connectivity index (χ0n) is 18.1. The van der Waals surface area contributed by atoms with Crippen molar-refractivity contribution in [3.63, 3.8) is 0 Å². The van der Waals surface area contributed by atoms with Crippen LogP contribution in [0, 0.1) is 0 Å². The van der Waals surface area contributed by atoms with Gasteiger partial charge in [-0.1, -0.05) is 30.3 Å². The maximum Gasteiger partial charge on any atom is 0.251 e. The zero-order valence-corrected chi connectivity index (χ0v) is 19.0. The van der Waals surface area contributed by atoms with Crippen molar-refractivity contribution >= 4 is 15.9 Å². The maximum atomic E-state index is 13.0. The topological polar surface area (TPSA) is 101 Å². The van der Waals surface area contributed by atoms with Crippen molar-refractivity contribution in [1.82, 2.24) is 14.9 Å². The van der Waals surface area contributed by atoms with Gasteiger partial charge >= 0.3 is 0 Å². The molecule has 1 aromatic heterocycles. The zero-order chi connectivity index (χ0) is 23.1. The molecular formula is C24H27N3O5S. The van der Waals surface area contributed by atoms with E-state index in [2.05, 4.69) is 14.9 Å². The third-order valence-electron chi connectivity index (χ3n) is 5.50. The van der Waals surface area contributed by atoms with Crippen LogP contribution in [0.15, 0.2) is 82.3 Å². The lowest BCUT2D eigenvalue weighted by Crippen LogP contribution is -2.43. The molecule has 174 valence electrons. The van der Waals surface area contributed by atoms with Crippen LogP contribution >= 0.6 is 0 Å². The Balaban J connectivity index is 1.43. The highest BCUT2D eigenvalue weighted by Crippen LogP contribution is 2.17. The minimum Gasteiger partial charge on any atom is -0.468 e. The van der Waals surface area contributed by atoms with Crippen LogP contribution in [0.25, 0.3) is 0 Å². The van der Waals surface area contributed by atoms with Crippen molar-refractivity contribution in [3.8, 4) is 0 Å². The van der Waals surface area contributed by atoms with E-state index < -0.39 is 10.0 Å². The summed E-state index contributed by atoms with van der Waals surface area (Å²) in [6.45, 7) is 3.71. The van der Waals surface area contributed by atoms with Crippen LogP contribution in [-0.2, 0) is 21.3 Å². The molecule has 1 aliphatic rings. The molecular weight excluding hydrogens is 442 g/mol. The molecule has 3 aromatic rings. The molecule has 8 nitrogen and oxygen atoms in total. The van der Waals surface area contributed by atoms with Crippen molar-refractivity contribution in [2.75, 3.05) is 32.8 Å². The summed E-state index contributed by atoms with van der Waals surface area (Å²) >= 11 is 0. The predicted molar refractivity (Wildman–Crippen MR) is 123 cm³/mol. The maximum absolute atomic E-state index is 13.0. The summed E-state index contributed by atoms with van der Waals surface area (Å²) in [5, 5.41) is 3.10. The average molecular weight is 470 g/mol. The second-order valence-corrected chi connectivity index (χ2v) is 9.54. The van der Waals surface area contributed by atoms with Crippen LogP contribution in [-0.4, -0.2) is 52.1 Å². The van der Waals surface area contributed by atoms with Crippen molar-refractivity contribution in [1.29, 1.82) is 0 Å². The summed E-state index contributed by atoms with van der Waals surface area (Å²) in [5.41, 5.74) is 1.40. The second-order valence-electron chi connectivity index (χ2n) is 7.78. The summed E-state index contributed by atoms with van der Waals surface area (Å²) in [6.07, 6.45) is 1.48. The van der Waals surface area contributed by atoms with Gasteiger partial charge in [0.05, 0.1) is 37.0 Å². The molecule has 0 radical (unpaired) electrons. The van der Waals surface area contributed by atoms with Gasteiger partial charge in [-0.25, -0.2) is 13.1 Å². The number of hydrogen-bond donors (Lipinski definition) is 2. The van der Waals surface area contributed by atoms with Crippen molar-refractivity contribution in [3.05, 3.63) is 89.9 Å². The minimum atomic E-state index is -3.72. The van der Waals surface area contributed by atoms with E-state index in [4.69, 9.17) is 9.15 Å². The number of sulfonamides is 1. The third kappa shape index (κ3) is 6.29. The average Bonchev–Trinajstić information content (AvgIpc) is 3.38. The smallest absolute Gasteiger partial charge is 0.251 e. The van der Waals surface area contributed by atoms with Crippen LogP contribution in [0.5, 0.6) is 0 Å². The molecule has 1 amide bonds. The van der Waals surface area contributed by atoms with Gasteiger partial charge in [0, 0.05) is 25.2 Å². The Labute approximate surface area is 193 Å². The number of benzene rings is 2. The molecule has 2 N–H and O–H groups in total. The lowest BCUT2D eigenvalue weighted by Gasteiger charge is -2.31. The van der Waals surface area contributed by atoms with E-state index in [-0.39, 0.29) is 23.4 Å². The highest BCUT2D eigenvalue weighted by Gasteiger charge is 2.21. The van der Waals surface area contributed by atoms with Crippen LogP contribution in [0.3, 0.4) is 0 Å². The summed E-state index contributed by atoms with van der Waals surface area (Å²) in [5.74, 6) is 0.256. The van der Waals surface area contributed by atoms with Crippen molar-refractivity contribution < 1.29 is 22.4 Å². The van der Waals surface area contributed by atoms with Gasteiger partial charge in [-0.2, -0.15) is 0 Å². The summed E-state index contributed by atoms with van der Waals surface area (Å²) in [6, 6.07) is 18.9. The molecule has 0 aliphatic carbocycles. The lowest BCUT2D eigenvalue weighted by molar-refractivity contribution is 0.0332. The van der Waals surface area contributed by atoms with Gasteiger partial charge in [-0.15, -0.1) is 0 Å². The fourth-order valence-corrected chi connectivity index (χ4v) is 4.64. The van der Waals surface area contributed by atoms with Crippen molar-refractivity contribution in [2.45, 2.75) is 17.5 Å². The SMILES string of the molecule is O=C(N[C@@H](CN1CCOCC1)c1ccccc1)c1ccc(S(=O)(=O)NCc2ccco2)cc1. The highest BCUT2D eigenvalue weighted by atomic mass is 32.2. The number of hydrogen-bond acceptors (Lipinski definition) is 6. The molecule has 1 fully saturated rings. The van der Waals surface area contributed by atoms with E-state index in [1.807, 2.05) is 30.3 Å². The van der Waals surface area contributed by atoms with E-state index in [1.165, 1.54) is 30.5 Å². The lowest BCUT2D eigenvalue weighted by atomic mass is 10.1. The number of ether oxygens (including phenoxy) is 1. The first-order valence-corrected chi connectivity index (χ1v) is 12.3. The molecule has 1 aliphatic heterocycles. The fourth-order valence-electron chi connectivity index (χ4n) is 3.65. The normalized spacial score (nSPS) is 15.8. The first kappa shape index (κ1) is 23.2. The summed E-state index contributed by atoms with van der Waals surface area (Å²) in [7, 11) is -3.72. The van der Waals surface area contributed by atoms with Crippen LogP contribution in [0.2, 0.25) is 0 Å². The van der Waals surface area contributed by atoms with Crippen molar-refractivity contribution in [2.24, 2.45) is 0 Å². The van der Waals surface area contributed by atoms with Crippen LogP contribution in [0.4, 0.5) is 0 Å². The van der Waals surface area contributed by atoms with E-state index >= 15 is 0 Å². The number of morpholine rings is 1. The number of nitrogens with zero attached hydrogens (tertiary/aromatic N) is 1. The van der Waals surface area contributed by atoms with Crippen LogP contribution < -0.4 is 10.0 Å². The molecule has 4 rings (SSSR count). The molecule has 2 heterocycles. The minimum absolute atomic E-state index is 0.0534. The Morgan fingerprint density at radius 3 is 2.36 bits per heavy atom. The highest BCUT2D eigenvalue weighted by molar-refractivity contribution is 7.89. The fraction of sp³-hybridized carbons (Fsp3) is 0.292. The molecule has 0 saturated carbocycles. The molecule has 0 unspecified atom stereocenters. The quantitative estimate of drug-likeness (QED) is 0.500. The number of amides is 1. The number of rotatable bonds is 9. The Bertz CT molecular complexity index is 1130. The molecule has 0 spiro atoms. The molecule has 1 saturated heterocycles. The van der Waals surface area contributed by atoms with Gasteiger partial charge < -0.3 is 14.5 Å². The molecule has 0 bridgehead atoms. The third-order valence-corrected chi connectivity index (χ3v) is 6.91. The standard InChI is InChI=1S/C24H27N3O5S/c28-24(26-23(19-5-2-1-3-6-19)18-27-12-15-31-16-13-27)20-8-10-22(11-9-20)33(29,30)25-17-21-7-4-14-32-21/h1-11,14,23,25H,12-13,15-18H2,(H,26,28)/t23-/m0/s1. The molecule has 2 aromatic carbocycles. The monoisotopic (exact) mass is 469 g/mol. The second kappa shape index (κ2) is 10.8. The van der Waals surface area contributed by atoms with Gasteiger partial charge in [-0.05, 0) is 42.0 Å². The first-order valence-electron chi connectivity index (χ1n) is 10.8. The van der Waals surface area contributed by atoms with Crippen LogP contribution in [0.1, 0.15) is 27.7 Å². The number of furan rings is 1. The largest absolute Gasteiger partial charge is 0.468 e. The molecule has 9 heteroatoms. The summed E-state index contributed by atoms with van der Waals surface area (Å²) < 4.78 is 38.1. The summed E-state index contributed by atoms with van der Waals surface area (Å²) in [4.78, 5) is 15.3. The van der Waals surface area contributed by atoms with E-state index in [1.54, 1.807) is 12.1 Å². The predicted octanol–water partition coefficient (Wildman–Crippen LogP) is 2.56. The van der Waals surface area contributed by atoms with Gasteiger partial charge in [0.25, 0.3) is 5.91 Å².